The van der Waals surface area contributed by atoms with Gasteiger partial charge in [0.05, 0.1) is 6.61 Å². The van der Waals surface area contributed by atoms with Crippen LogP contribution in [0.15, 0.2) is 9.00 Å². The number of hydrogen-bond acceptors (Lipinski definition) is 4. The SMILES string of the molecule is CCOC(=O)C1CCC(CNC(=O)C2C[C]([Sn]([CH3])([CH3])[CH3])=CS2)CC1. The van der Waals surface area contributed by atoms with Crippen molar-refractivity contribution in [1.29, 1.82) is 0 Å². The van der Waals surface area contributed by atoms with Gasteiger partial charge in [0.1, 0.15) is 0 Å². The standard InChI is InChI=1S/C15H22NO3S.3CH3.Sn/c1-2-19-15(18)12-7-5-11(6-8-12)10-16-14(17)13-4-3-9-20-13;;;;/h9,11-13H,2,4-8,10H2,1H3,(H,16,17);3*1H3;. The second-order valence-electron chi connectivity index (χ2n) is 7.94. The Labute approximate surface area is 154 Å². The van der Waals surface area contributed by atoms with Gasteiger partial charge in [0.15, 0.2) is 0 Å². The average molecular weight is 460 g/mol. The van der Waals surface area contributed by atoms with Gasteiger partial charge in [0, 0.05) is 0 Å². The van der Waals surface area contributed by atoms with Gasteiger partial charge >= 0.3 is 141 Å². The normalized spacial score (nSPS) is 27.5. The Bertz CT molecular complexity index is 493. The summed E-state index contributed by atoms with van der Waals surface area (Å²) in [5.74, 6) is 0.706. The quantitative estimate of drug-likeness (QED) is 0.485. The van der Waals surface area contributed by atoms with E-state index in [2.05, 4.69) is 25.5 Å². The molecular formula is C18H31NO3SSn. The molecule has 4 nitrogen and oxygen atoms in total. The molecule has 1 amide bonds. The molecule has 136 valence electrons. The minimum atomic E-state index is -2.00. The molecule has 0 spiro atoms. The van der Waals surface area contributed by atoms with E-state index in [1.165, 1.54) is 0 Å². The summed E-state index contributed by atoms with van der Waals surface area (Å²) in [7, 11) is 0. The van der Waals surface area contributed by atoms with Crippen molar-refractivity contribution < 1.29 is 14.3 Å². The van der Waals surface area contributed by atoms with Crippen LogP contribution in [-0.4, -0.2) is 48.7 Å². The number of rotatable bonds is 6. The molecule has 1 unspecified atom stereocenters. The number of ether oxygens (including phenoxy) is 1. The first-order valence-corrected chi connectivity index (χ1v) is 20.0. The maximum absolute atomic E-state index is 12.4. The van der Waals surface area contributed by atoms with Crippen molar-refractivity contribution in [2.75, 3.05) is 13.2 Å². The van der Waals surface area contributed by atoms with E-state index in [1.807, 2.05) is 6.92 Å². The summed E-state index contributed by atoms with van der Waals surface area (Å²) in [4.78, 5) is 31.4. The Morgan fingerprint density at radius 1 is 1.25 bits per heavy atom. The maximum atomic E-state index is 12.4. The van der Waals surface area contributed by atoms with Crippen molar-refractivity contribution in [1.82, 2.24) is 5.32 Å². The number of amides is 1. The molecule has 1 aliphatic heterocycles. The zero-order valence-electron chi connectivity index (χ0n) is 15.4. The van der Waals surface area contributed by atoms with Crippen molar-refractivity contribution in [3.8, 4) is 0 Å². The molecule has 1 N–H and O–H groups in total. The number of hydrogen-bond donors (Lipinski definition) is 1. The number of carbonyl (C=O) groups excluding carboxylic acids is 2. The molecule has 2 aliphatic rings. The van der Waals surface area contributed by atoms with Crippen molar-refractivity contribution >= 4 is 42.0 Å². The van der Waals surface area contributed by atoms with E-state index >= 15 is 0 Å². The summed E-state index contributed by atoms with van der Waals surface area (Å²) < 4.78 is 6.68. The van der Waals surface area contributed by atoms with E-state index in [1.54, 1.807) is 15.4 Å². The van der Waals surface area contributed by atoms with Crippen LogP contribution in [0.1, 0.15) is 39.0 Å². The molecule has 1 atom stereocenters. The third-order valence-electron chi connectivity index (χ3n) is 5.07. The first kappa shape index (κ1) is 20.1. The number of esters is 1. The summed E-state index contributed by atoms with van der Waals surface area (Å²) >= 11 is -0.305. The Hall–Kier alpha value is -0.171. The molecule has 0 bridgehead atoms. The molecule has 0 aromatic heterocycles. The third kappa shape index (κ3) is 5.68. The predicted molar refractivity (Wildman–Crippen MR) is 103 cm³/mol. The van der Waals surface area contributed by atoms with Crippen LogP contribution in [0.3, 0.4) is 0 Å². The molecule has 0 radical (unpaired) electrons. The molecule has 1 saturated carbocycles. The zero-order valence-corrected chi connectivity index (χ0v) is 19.1. The van der Waals surface area contributed by atoms with Crippen LogP contribution in [-0.2, 0) is 14.3 Å². The molecule has 0 saturated heterocycles. The zero-order chi connectivity index (χ0) is 17.7. The molecule has 0 aromatic rings. The molecule has 6 heteroatoms. The topological polar surface area (TPSA) is 55.4 Å². The van der Waals surface area contributed by atoms with Crippen LogP contribution in [0.4, 0.5) is 0 Å². The van der Waals surface area contributed by atoms with E-state index in [0.717, 1.165) is 38.6 Å². The second kappa shape index (κ2) is 8.97. The number of nitrogens with one attached hydrogen (secondary N) is 1. The average Bonchev–Trinajstić information content (AvgIpc) is 3.03. The van der Waals surface area contributed by atoms with Crippen LogP contribution in [0.2, 0.25) is 14.8 Å². The summed E-state index contributed by atoms with van der Waals surface area (Å²) in [5, 5.41) is 5.48. The van der Waals surface area contributed by atoms with Crippen LogP contribution in [0.25, 0.3) is 0 Å². The van der Waals surface area contributed by atoms with Crippen molar-refractivity contribution in [2.45, 2.75) is 59.1 Å². The first-order valence-electron chi connectivity index (χ1n) is 9.10. The fourth-order valence-electron chi connectivity index (χ4n) is 3.32. The summed E-state index contributed by atoms with van der Waals surface area (Å²) in [6.45, 7) is 3.06. The van der Waals surface area contributed by atoms with E-state index in [9.17, 15) is 9.59 Å². The van der Waals surface area contributed by atoms with Gasteiger partial charge in [-0.3, -0.25) is 0 Å². The van der Waals surface area contributed by atoms with Gasteiger partial charge in [0.2, 0.25) is 0 Å². The molecule has 0 aromatic carbocycles. The molecular weight excluding hydrogens is 429 g/mol. The number of allylic oxidation sites excluding steroid dienone is 1. The van der Waals surface area contributed by atoms with E-state index < -0.39 is 18.4 Å². The van der Waals surface area contributed by atoms with Gasteiger partial charge < -0.3 is 0 Å². The van der Waals surface area contributed by atoms with Crippen LogP contribution < -0.4 is 5.32 Å². The number of carbonyl (C=O) groups is 2. The summed E-state index contributed by atoms with van der Waals surface area (Å²) in [6, 6.07) is 0. The van der Waals surface area contributed by atoms with Crippen molar-refractivity contribution in [3.05, 3.63) is 9.00 Å². The molecule has 1 aliphatic carbocycles. The van der Waals surface area contributed by atoms with E-state index in [-0.39, 0.29) is 23.0 Å². The van der Waals surface area contributed by atoms with Crippen molar-refractivity contribution in [2.24, 2.45) is 11.8 Å². The van der Waals surface area contributed by atoms with Crippen LogP contribution in [0, 0.1) is 11.8 Å². The van der Waals surface area contributed by atoms with Gasteiger partial charge in [-0.1, -0.05) is 0 Å². The van der Waals surface area contributed by atoms with E-state index in [0.29, 0.717) is 12.5 Å². The Kier molecular flexibility index (Phi) is 7.53. The fourth-order valence-corrected chi connectivity index (χ4v) is 10.9. The van der Waals surface area contributed by atoms with Gasteiger partial charge in [-0.05, 0) is 6.92 Å². The molecule has 1 heterocycles. The molecule has 24 heavy (non-hydrogen) atoms. The fraction of sp³-hybridized carbons (Fsp3) is 0.778. The Morgan fingerprint density at radius 3 is 2.46 bits per heavy atom. The van der Waals surface area contributed by atoms with Gasteiger partial charge in [0.25, 0.3) is 0 Å². The van der Waals surface area contributed by atoms with Crippen LogP contribution in [0.5, 0.6) is 0 Å². The van der Waals surface area contributed by atoms with Crippen molar-refractivity contribution in [3.63, 3.8) is 0 Å². The first-order chi connectivity index (χ1) is 11.3. The van der Waals surface area contributed by atoms with Gasteiger partial charge in [-0.15, -0.1) is 0 Å². The summed E-state index contributed by atoms with van der Waals surface area (Å²) in [6.07, 6.45) is 4.74. The molecule has 2 rings (SSSR count). The van der Waals surface area contributed by atoms with Gasteiger partial charge in [-0.25, -0.2) is 0 Å². The van der Waals surface area contributed by atoms with Crippen LogP contribution >= 0.6 is 11.8 Å². The summed E-state index contributed by atoms with van der Waals surface area (Å²) in [5.41, 5.74) is 0. The van der Waals surface area contributed by atoms with E-state index in [4.69, 9.17) is 4.74 Å². The van der Waals surface area contributed by atoms with Gasteiger partial charge in [-0.2, -0.15) is 0 Å². The number of thioether (sulfide) groups is 1. The minimum absolute atomic E-state index is 0.0468. The second-order valence-corrected chi connectivity index (χ2v) is 23.7. The Morgan fingerprint density at radius 2 is 1.92 bits per heavy atom. The molecule has 1 fully saturated rings. The third-order valence-corrected chi connectivity index (χ3v) is 13.3. The predicted octanol–water partition coefficient (Wildman–Crippen LogP) is 3.74. The Balaban J connectivity index is 1.68. The monoisotopic (exact) mass is 461 g/mol.